The van der Waals surface area contributed by atoms with E-state index >= 15 is 0 Å². The molecule has 2 aromatic carbocycles. The van der Waals surface area contributed by atoms with E-state index in [0.29, 0.717) is 29.1 Å². The summed E-state index contributed by atoms with van der Waals surface area (Å²) in [4.78, 5) is 16.2. The molecule has 0 saturated carbocycles. The number of hydrogen-bond acceptors (Lipinski definition) is 3. The van der Waals surface area contributed by atoms with Crippen molar-refractivity contribution in [3.8, 4) is 0 Å². The van der Waals surface area contributed by atoms with E-state index in [1.54, 1.807) is 24.3 Å². The third-order valence-electron chi connectivity index (χ3n) is 4.65. The second kappa shape index (κ2) is 8.11. The Morgan fingerprint density at radius 3 is 2.45 bits per heavy atom. The zero-order valence-electron chi connectivity index (χ0n) is 16.1. The van der Waals surface area contributed by atoms with Crippen LogP contribution in [-0.2, 0) is 6.18 Å². The number of alkyl halides is 3. The molecule has 1 aromatic heterocycles. The SMILES string of the molecule is CC(C)CC(Nc1ccc2ccc(C(F)(F)F)cc2n1)c1ccccc1C(N)=O. The Hall–Kier alpha value is -3.09. The fraction of sp³-hybridized carbons (Fsp3) is 0.273. The highest BCUT2D eigenvalue weighted by atomic mass is 19.4. The summed E-state index contributed by atoms with van der Waals surface area (Å²) < 4.78 is 39.1. The molecule has 0 radical (unpaired) electrons. The summed E-state index contributed by atoms with van der Waals surface area (Å²) >= 11 is 0. The van der Waals surface area contributed by atoms with Gasteiger partial charge in [-0.15, -0.1) is 0 Å². The topological polar surface area (TPSA) is 68.0 Å². The average molecular weight is 401 g/mol. The molecule has 7 heteroatoms. The minimum absolute atomic E-state index is 0.247. The Morgan fingerprint density at radius 1 is 1.10 bits per heavy atom. The smallest absolute Gasteiger partial charge is 0.366 e. The van der Waals surface area contributed by atoms with Crippen LogP contribution < -0.4 is 11.1 Å². The molecule has 0 aliphatic heterocycles. The van der Waals surface area contributed by atoms with Crippen molar-refractivity contribution >= 4 is 22.6 Å². The van der Waals surface area contributed by atoms with Gasteiger partial charge in [-0.3, -0.25) is 4.79 Å². The molecule has 1 unspecified atom stereocenters. The molecule has 4 nitrogen and oxygen atoms in total. The minimum atomic E-state index is -4.43. The summed E-state index contributed by atoms with van der Waals surface area (Å²) in [6.07, 6.45) is -3.74. The largest absolute Gasteiger partial charge is 0.416 e. The molecule has 29 heavy (non-hydrogen) atoms. The van der Waals surface area contributed by atoms with Gasteiger partial charge in [0.25, 0.3) is 0 Å². The maximum Gasteiger partial charge on any atom is 0.416 e. The molecule has 0 saturated heterocycles. The normalized spacial score (nSPS) is 12.9. The standard InChI is InChI=1S/C22H22F3N3O/c1-13(2)11-19(16-5-3-4-6-17(16)21(26)29)28-20-10-8-14-7-9-15(22(23,24)25)12-18(14)27-20/h3-10,12-13,19H,11H2,1-2H3,(H2,26,29)(H,27,28). The van der Waals surface area contributed by atoms with E-state index in [1.165, 1.54) is 6.07 Å². The number of benzene rings is 2. The number of halogens is 3. The quantitative estimate of drug-likeness (QED) is 0.569. The van der Waals surface area contributed by atoms with Crippen LogP contribution in [0.4, 0.5) is 19.0 Å². The summed E-state index contributed by atoms with van der Waals surface area (Å²) in [5, 5.41) is 3.88. The molecule has 3 aromatic rings. The fourth-order valence-corrected chi connectivity index (χ4v) is 3.31. The maximum atomic E-state index is 13.0. The van der Waals surface area contributed by atoms with E-state index in [1.807, 2.05) is 26.0 Å². The molecule has 3 N–H and O–H groups in total. The second-order valence-electron chi connectivity index (χ2n) is 7.38. The Kier molecular flexibility index (Phi) is 5.77. The number of rotatable bonds is 6. The Labute approximate surface area is 166 Å². The van der Waals surface area contributed by atoms with Crippen LogP contribution in [0.2, 0.25) is 0 Å². The molecule has 0 aliphatic rings. The highest BCUT2D eigenvalue weighted by molar-refractivity contribution is 5.94. The van der Waals surface area contributed by atoms with Crippen LogP contribution in [0.3, 0.4) is 0 Å². The van der Waals surface area contributed by atoms with Gasteiger partial charge >= 0.3 is 6.18 Å². The van der Waals surface area contributed by atoms with Crippen molar-refractivity contribution in [2.24, 2.45) is 11.7 Å². The number of anilines is 1. The zero-order valence-corrected chi connectivity index (χ0v) is 16.1. The molecule has 0 fully saturated rings. The number of pyridine rings is 1. The van der Waals surface area contributed by atoms with Gasteiger partial charge in [0.2, 0.25) is 5.91 Å². The van der Waals surface area contributed by atoms with Gasteiger partial charge in [0.1, 0.15) is 5.82 Å². The Bertz CT molecular complexity index is 1030. The van der Waals surface area contributed by atoms with E-state index in [9.17, 15) is 18.0 Å². The number of carbonyl (C=O) groups is 1. The lowest BCUT2D eigenvalue weighted by atomic mass is 9.93. The van der Waals surface area contributed by atoms with Crippen molar-refractivity contribution in [1.82, 2.24) is 4.98 Å². The first-order valence-electron chi connectivity index (χ1n) is 9.28. The van der Waals surface area contributed by atoms with E-state index in [2.05, 4.69) is 10.3 Å². The third kappa shape index (κ3) is 4.85. The number of carbonyl (C=O) groups excluding carboxylic acids is 1. The van der Waals surface area contributed by atoms with Gasteiger partial charge in [-0.1, -0.05) is 38.1 Å². The number of nitrogens with one attached hydrogen (secondary N) is 1. The van der Waals surface area contributed by atoms with Gasteiger partial charge < -0.3 is 11.1 Å². The van der Waals surface area contributed by atoms with Crippen LogP contribution in [0.15, 0.2) is 54.6 Å². The molecule has 1 heterocycles. The number of nitrogens with two attached hydrogens (primary N) is 1. The predicted molar refractivity (Wildman–Crippen MR) is 108 cm³/mol. The van der Waals surface area contributed by atoms with Crippen LogP contribution in [-0.4, -0.2) is 10.9 Å². The fourth-order valence-electron chi connectivity index (χ4n) is 3.31. The molecule has 0 spiro atoms. The van der Waals surface area contributed by atoms with E-state index < -0.39 is 17.6 Å². The first-order valence-corrected chi connectivity index (χ1v) is 9.28. The van der Waals surface area contributed by atoms with Crippen molar-refractivity contribution < 1.29 is 18.0 Å². The summed E-state index contributed by atoms with van der Waals surface area (Å²) in [7, 11) is 0. The molecule has 0 bridgehead atoms. The summed E-state index contributed by atoms with van der Waals surface area (Å²) in [5.74, 6) is 0.199. The average Bonchev–Trinajstić information content (AvgIpc) is 2.65. The second-order valence-corrected chi connectivity index (χ2v) is 7.38. The minimum Gasteiger partial charge on any atom is -0.366 e. The van der Waals surface area contributed by atoms with Crippen molar-refractivity contribution in [3.63, 3.8) is 0 Å². The molecule has 3 rings (SSSR count). The zero-order chi connectivity index (χ0) is 21.2. The first-order chi connectivity index (χ1) is 13.6. The van der Waals surface area contributed by atoms with Gasteiger partial charge in [0, 0.05) is 10.9 Å². The van der Waals surface area contributed by atoms with Gasteiger partial charge in [0.05, 0.1) is 17.1 Å². The highest BCUT2D eigenvalue weighted by Crippen LogP contribution is 2.32. The van der Waals surface area contributed by atoms with Crippen molar-refractivity contribution in [3.05, 3.63) is 71.3 Å². The van der Waals surface area contributed by atoms with Crippen LogP contribution in [0, 0.1) is 5.92 Å². The summed E-state index contributed by atoms with van der Waals surface area (Å²) in [6.45, 7) is 4.09. The van der Waals surface area contributed by atoms with Crippen LogP contribution >= 0.6 is 0 Å². The van der Waals surface area contributed by atoms with E-state index in [0.717, 1.165) is 17.7 Å². The Balaban J connectivity index is 1.99. The third-order valence-corrected chi connectivity index (χ3v) is 4.65. The van der Waals surface area contributed by atoms with Crippen molar-refractivity contribution in [1.29, 1.82) is 0 Å². The Morgan fingerprint density at radius 2 is 1.79 bits per heavy atom. The predicted octanol–water partition coefficient (Wildman–Crippen LogP) is 5.55. The van der Waals surface area contributed by atoms with Gasteiger partial charge in [-0.05, 0) is 48.2 Å². The first kappa shape index (κ1) is 20.6. The number of nitrogens with zero attached hydrogens (tertiary/aromatic N) is 1. The number of aromatic nitrogens is 1. The van der Waals surface area contributed by atoms with Gasteiger partial charge in [-0.25, -0.2) is 4.98 Å². The molecule has 1 amide bonds. The molecular weight excluding hydrogens is 379 g/mol. The number of primary amides is 1. The monoisotopic (exact) mass is 401 g/mol. The molecule has 0 aliphatic carbocycles. The number of fused-ring (bicyclic) bond motifs is 1. The van der Waals surface area contributed by atoms with Gasteiger partial charge in [0.15, 0.2) is 0 Å². The number of hydrogen-bond donors (Lipinski definition) is 2. The van der Waals surface area contributed by atoms with Crippen LogP contribution in [0.1, 0.15) is 47.8 Å². The highest BCUT2D eigenvalue weighted by Gasteiger charge is 2.30. The lowest BCUT2D eigenvalue weighted by Crippen LogP contribution is -2.20. The van der Waals surface area contributed by atoms with E-state index in [-0.39, 0.29) is 11.6 Å². The van der Waals surface area contributed by atoms with Crippen molar-refractivity contribution in [2.75, 3.05) is 5.32 Å². The molecule has 152 valence electrons. The van der Waals surface area contributed by atoms with Crippen molar-refractivity contribution in [2.45, 2.75) is 32.5 Å². The summed E-state index contributed by atoms with van der Waals surface area (Å²) in [5.41, 5.74) is 6.17. The lowest BCUT2D eigenvalue weighted by Gasteiger charge is -2.23. The van der Waals surface area contributed by atoms with Gasteiger partial charge in [-0.2, -0.15) is 13.2 Å². The van der Waals surface area contributed by atoms with Crippen LogP contribution in [0.25, 0.3) is 10.9 Å². The molecular formula is C22H22F3N3O. The van der Waals surface area contributed by atoms with Crippen LogP contribution in [0.5, 0.6) is 0 Å². The summed E-state index contributed by atoms with van der Waals surface area (Å²) in [6, 6.07) is 13.7. The molecule has 1 atom stereocenters. The number of amides is 1. The maximum absolute atomic E-state index is 13.0. The van der Waals surface area contributed by atoms with E-state index in [4.69, 9.17) is 5.73 Å². The lowest BCUT2D eigenvalue weighted by molar-refractivity contribution is -0.137.